The molecule has 156 valence electrons. The molecule has 0 radical (unpaired) electrons. The van der Waals surface area contributed by atoms with E-state index in [0.29, 0.717) is 23.2 Å². The van der Waals surface area contributed by atoms with Gasteiger partial charge in [-0.05, 0) is 49.1 Å². The first-order valence-corrected chi connectivity index (χ1v) is 11.4. The number of amides is 1. The Morgan fingerprint density at radius 2 is 1.97 bits per heavy atom. The number of carbonyl (C=O) groups is 1. The van der Waals surface area contributed by atoms with Crippen LogP contribution in [0.3, 0.4) is 0 Å². The molecule has 0 heterocycles. The van der Waals surface area contributed by atoms with Gasteiger partial charge in [0.1, 0.15) is 0 Å². The maximum absolute atomic E-state index is 13.4. The Balaban J connectivity index is 1.96. The smallest absolute Gasteiger partial charge is 0.264 e. The van der Waals surface area contributed by atoms with Gasteiger partial charge < -0.3 is 4.90 Å². The summed E-state index contributed by atoms with van der Waals surface area (Å²) in [6.07, 6.45) is 9.07. The van der Waals surface area contributed by atoms with E-state index in [0.717, 1.165) is 12.8 Å². The molecule has 0 spiro atoms. The zero-order chi connectivity index (χ0) is 21.7. The lowest BCUT2D eigenvalue weighted by molar-refractivity contribution is 0.0769. The van der Waals surface area contributed by atoms with E-state index in [4.69, 9.17) is 18.0 Å². The van der Waals surface area contributed by atoms with Crippen LogP contribution >= 0.6 is 11.6 Å². The Morgan fingerprint density at radius 3 is 2.60 bits per heavy atom. The average Bonchev–Trinajstić information content (AvgIpc) is 3.56. The summed E-state index contributed by atoms with van der Waals surface area (Å²) in [4.78, 5) is 14.6. The van der Waals surface area contributed by atoms with Gasteiger partial charge in [-0.15, -0.1) is 13.0 Å². The minimum Gasteiger partial charge on any atom is -0.327 e. The van der Waals surface area contributed by atoms with Crippen LogP contribution in [0.5, 0.6) is 0 Å². The van der Waals surface area contributed by atoms with Gasteiger partial charge in [-0.1, -0.05) is 41.8 Å². The minimum atomic E-state index is -3.98. The van der Waals surface area contributed by atoms with Crippen molar-refractivity contribution in [3.05, 3.63) is 71.8 Å². The molecule has 1 fully saturated rings. The summed E-state index contributed by atoms with van der Waals surface area (Å²) in [7, 11) is -3.98. The molecule has 1 saturated carbocycles. The van der Waals surface area contributed by atoms with Crippen molar-refractivity contribution in [2.45, 2.75) is 17.7 Å². The first-order chi connectivity index (χ1) is 14.4. The molecule has 1 amide bonds. The van der Waals surface area contributed by atoms with E-state index in [1.165, 1.54) is 22.5 Å². The van der Waals surface area contributed by atoms with E-state index in [1.54, 1.807) is 41.3 Å². The number of rotatable bonds is 9. The highest BCUT2D eigenvalue weighted by Crippen LogP contribution is 2.32. The summed E-state index contributed by atoms with van der Waals surface area (Å²) < 4.78 is 28.0. The zero-order valence-electron chi connectivity index (χ0n) is 16.5. The van der Waals surface area contributed by atoms with E-state index < -0.39 is 10.0 Å². The monoisotopic (exact) mass is 442 g/mol. The lowest BCUT2D eigenvalue weighted by Crippen LogP contribution is -2.34. The SMILES string of the molecule is C#CCN(CC1CC1)C(=O)c1cccc(S(=O)(=O)N(CC=C)c2ccccc2Cl)c1. The topological polar surface area (TPSA) is 57.7 Å². The van der Waals surface area contributed by atoms with Crippen LogP contribution in [-0.2, 0) is 10.0 Å². The number of anilines is 1. The van der Waals surface area contributed by atoms with Gasteiger partial charge in [-0.25, -0.2) is 8.42 Å². The fourth-order valence-electron chi connectivity index (χ4n) is 3.14. The number of benzene rings is 2. The number of halogens is 1. The molecule has 3 rings (SSSR count). The third kappa shape index (κ3) is 4.86. The van der Waals surface area contributed by atoms with E-state index in [1.807, 2.05) is 0 Å². The number of hydrogen-bond donors (Lipinski definition) is 0. The standard InChI is InChI=1S/C23H23ClN2O3S/c1-3-14-25(17-18-12-13-18)23(27)19-8-7-9-20(16-19)30(28,29)26(15-4-2)22-11-6-5-10-21(22)24/h1,4-11,16,18H,2,12-15,17H2. The fourth-order valence-corrected chi connectivity index (χ4v) is 4.93. The van der Waals surface area contributed by atoms with Gasteiger partial charge in [-0.3, -0.25) is 9.10 Å². The molecule has 5 nitrogen and oxygen atoms in total. The van der Waals surface area contributed by atoms with Crippen LogP contribution in [0, 0.1) is 18.3 Å². The van der Waals surface area contributed by atoms with Crippen LogP contribution in [0.1, 0.15) is 23.2 Å². The van der Waals surface area contributed by atoms with E-state index in [-0.39, 0.29) is 29.5 Å². The predicted octanol–water partition coefficient (Wildman–Crippen LogP) is 4.21. The third-order valence-corrected chi connectivity index (χ3v) is 6.93. The normalized spacial score (nSPS) is 13.3. The molecule has 0 bridgehead atoms. The first kappa shape index (κ1) is 21.9. The second-order valence-electron chi connectivity index (χ2n) is 7.14. The van der Waals surface area contributed by atoms with Crippen molar-refractivity contribution >= 4 is 33.2 Å². The van der Waals surface area contributed by atoms with Crippen molar-refractivity contribution in [3.8, 4) is 12.3 Å². The van der Waals surface area contributed by atoms with Crippen LogP contribution in [0.25, 0.3) is 0 Å². The molecule has 2 aromatic carbocycles. The Labute approximate surface area is 183 Å². The highest BCUT2D eigenvalue weighted by Gasteiger charge is 2.29. The van der Waals surface area contributed by atoms with Crippen LogP contribution in [0.4, 0.5) is 5.69 Å². The second-order valence-corrected chi connectivity index (χ2v) is 9.41. The Hall–Kier alpha value is -2.75. The van der Waals surface area contributed by atoms with Gasteiger partial charge in [0.15, 0.2) is 0 Å². The number of sulfonamides is 1. The van der Waals surface area contributed by atoms with E-state index in [2.05, 4.69) is 12.5 Å². The molecule has 1 aliphatic carbocycles. The van der Waals surface area contributed by atoms with Gasteiger partial charge >= 0.3 is 0 Å². The van der Waals surface area contributed by atoms with Crippen molar-refractivity contribution in [2.75, 3.05) is 23.9 Å². The average molecular weight is 443 g/mol. The molecule has 30 heavy (non-hydrogen) atoms. The minimum absolute atomic E-state index is 0.00204. The van der Waals surface area contributed by atoms with Gasteiger partial charge in [-0.2, -0.15) is 0 Å². The van der Waals surface area contributed by atoms with E-state index >= 15 is 0 Å². The number of carbonyl (C=O) groups excluding carboxylic acids is 1. The maximum Gasteiger partial charge on any atom is 0.264 e. The van der Waals surface area contributed by atoms with Crippen molar-refractivity contribution in [2.24, 2.45) is 5.92 Å². The Bertz CT molecular complexity index is 1090. The Kier molecular flexibility index (Phi) is 6.86. The maximum atomic E-state index is 13.4. The fraction of sp³-hybridized carbons (Fsp3) is 0.261. The van der Waals surface area contributed by atoms with Crippen LogP contribution in [0.2, 0.25) is 5.02 Å². The number of terminal acetylenes is 1. The molecule has 0 N–H and O–H groups in total. The zero-order valence-corrected chi connectivity index (χ0v) is 18.1. The number of para-hydroxylation sites is 1. The molecular weight excluding hydrogens is 420 g/mol. The summed E-state index contributed by atoms with van der Waals surface area (Å²) >= 11 is 6.24. The molecule has 0 unspecified atom stereocenters. The van der Waals surface area contributed by atoms with Crippen LogP contribution in [0.15, 0.2) is 66.1 Å². The molecule has 2 aromatic rings. The lowest BCUT2D eigenvalue weighted by atomic mass is 10.2. The van der Waals surface area contributed by atoms with Crippen LogP contribution in [-0.4, -0.2) is 38.9 Å². The highest BCUT2D eigenvalue weighted by molar-refractivity contribution is 7.92. The van der Waals surface area contributed by atoms with Crippen LogP contribution < -0.4 is 4.31 Å². The number of hydrogen-bond acceptors (Lipinski definition) is 3. The predicted molar refractivity (Wildman–Crippen MR) is 120 cm³/mol. The molecular formula is C23H23ClN2O3S. The summed E-state index contributed by atoms with van der Waals surface area (Å²) in [5.74, 6) is 2.71. The lowest BCUT2D eigenvalue weighted by Gasteiger charge is -2.25. The van der Waals surface area contributed by atoms with Gasteiger partial charge in [0.05, 0.1) is 28.7 Å². The summed E-state index contributed by atoms with van der Waals surface area (Å²) in [6.45, 7) is 4.47. The van der Waals surface area contributed by atoms with Crippen molar-refractivity contribution in [1.29, 1.82) is 0 Å². The summed E-state index contributed by atoms with van der Waals surface area (Å²) in [5.41, 5.74) is 0.628. The summed E-state index contributed by atoms with van der Waals surface area (Å²) in [5, 5.41) is 0.305. The second kappa shape index (κ2) is 9.38. The Morgan fingerprint density at radius 1 is 1.23 bits per heavy atom. The summed E-state index contributed by atoms with van der Waals surface area (Å²) in [6, 6.07) is 12.7. The number of nitrogens with zero attached hydrogens (tertiary/aromatic N) is 2. The third-order valence-electron chi connectivity index (χ3n) is 4.83. The largest absolute Gasteiger partial charge is 0.327 e. The van der Waals surface area contributed by atoms with Crippen molar-refractivity contribution in [3.63, 3.8) is 0 Å². The highest BCUT2D eigenvalue weighted by atomic mass is 35.5. The first-order valence-electron chi connectivity index (χ1n) is 9.59. The van der Waals surface area contributed by atoms with Crippen molar-refractivity contribution in [1.82, 2.24) is 4.90 Å². The quantitative estimate of drug-likeness (QED) is 0.432. The molecule has 0 aromatic heterocycles. The molecule has 7 heteroatoms. The molecule has 0 aliphatic heterocycles. The van der Waals surface area contributed by atoms with Gasteiger partial charge in [0.2, 0.25) is 0 Å². The van der Waals surface area contributed by atoms with E-state index in [9.17, 15) is 13.2 Å². The van der Waals surface area contributed by atoms with Crippen molar-refractivity contribution < 1.29 is 13.2 Å². The molecule has 1 aliphatic rings. The van der Waals surface area contributed by atoms with Gasteiger partial charge in [0.25, 0.3) is 15.9 Å². The molecule has 0 saturated heterocycles. The molecule has 0 atom stereocenters. The van der Waals surface area contributed by atoms with Gasteiger partial charge in [0, 0.05) is 12.1 Å².